The van der Waals surface area contributed by atoms with E-state index >= 15 is 0 Å². The number of aliphatic carboxylic acids is 1. The number of hydrogen-bond acceptors (Lipinski definition) is 4. The van der Waals surface area contributed by atoms with Crippen molar-refractivity contribution in [1.29, 1.82) is 0 Å². The second kappa shape index (κ2) is 8.94. The molecule has 0 aliphatic rings. The van der Waals surface area contributed by atoms with E-state index in [1.165, 1.54) is 17.8 Å². The summed E-state index contributed by atoms with van der Waals surface area (Å²) in [6.45, 7) is 0.201. The summed E-state index contributed by atoms with van der Waals surface area (Å²) in [7, 11) is 0. The molecule has 5 nitrogen and oxygen atoms in total. The van der Waals surface area contributed by atoms with Crippen molar-refractivity contribution in [1.82, 2.24) is 5.32 Å². The monoisotopic (exact) mass is 337 g/mol. The highest BCUT2D eigenvalue weighted by Gasteiger charge is 2.06. The zero-order valence-corrected chi connectivity index (χ0v) is 12.7. The van der Waals surface area contributed by atoms with Crippen LogP contribution in [0.2, 0.25) is 10.0 Å². The SMILES string of the molecule is O=C(O)CSCCNC(=O)COc1cc(Cl)ccc1Cl. The van der Waals surface area contributed by atoms with Gasteiger partial charge < -0.3 is 15.2 Å². The molecule has 0 atom stereocenters. The maximum atomic E-state index is 11.5. The van der Waals surface area contributed by atoms with Crippen LogP contribution in [0.4, 0.5) is 0 Å². The number of amides is 1. The van der Waals surface area contributed by atoms with E-state index in [0.717, 1.165) is 0 Å². The highest BCUT2D eigenvalue weighted by molar-refractivity contribution is 7.99. The number of carboxylic acid groups (broad SMARTS) is 1. The van der Waals surface area contributed by atoms with Gasteiger partial charge in [-0.1, -0.05) is 23.2 Å². The van der Waals surface area contributed by atoms with Gasteiger partial charge in [-0.25, -0.2) is 0 Å². The van der Waals surface area contributed by atoms with Crippen LogP contribution in [0.3, 0.4) is 0 Å². The molecule has 110 valence electrons. The Morgan fingerprint density at radius 1 is 1.35 bits per heavy atom. The molecule has 1 aromatic carbocycles. The zero-order chi connectivity index (χ0) is 15.0. The first kappa shape index (κ1) is 16.9. The third-order valence-corrected chi connectivity index (χ3v) is 3.54. The molecule has 0 unspecified atom stereocenters. The molecule has 0 aliphatic carbocycles. The average Bonchev–Trinajstić information content (AvgIpc) is 2.39. The van der Waals surface area contributed by atoms with Crippen molar-refractivity contribution in [3.8, 4) is 5.75 Å². The molecule has 2 N–H and O–H groups in total. The molecule has 8 heteroatoms. The van der Waals surface area contributed by atoms with Crippen molar-refractivity contribution >= 4 is 46.8 Å². The van der Waals surface area contributed by atoms with Crippen LogP contribution in [-0.4, -0.2) is 41.6 Å². The van der Waals surface area contributed by atoms with Crippen LogP contribution in [-0.2, 0) is 9.59 Å². The van der Waals surface area contributed by atoms with Crippen LogP contribution in [0.25, 0.3) is 0 Å². The second-order valence-corrected chi connectivity index (χ2v) is 5.61. The van der Waals surface area contributed by atoms with Crippen LogP contribution in [0.5, 0.6) is 5.75 Å². The first-order valence-corrected chi connectivity index (χ1v) is 7.54. The number of ether oxygens (including phenoxy) is 1. The lowest BCUT2D eigenvalue weighted by Gasteiger charge is -2.08. The molecule has 0 heterocycles. The summed E-state index contributed by atoms with van der Waals surface area (Å²) in [4.78, 5) is 21.7. The largest absolute Gasteiger partial charge is 0.482 e. The lowest BCUT2D eigenvalue weighted by molar-refractivity contribution is -0.133. The molecule has 0 bridgehead atoms. The quantitative estimate of drug-likeness (QED) is 0.712. The standard InChI is InChI=1S/C12H13Cl2NO4S/c13-8-1-2-9(14)10(5-8)19-6-11(16)15-3-4-20-7-12(17)18/h1-2,5H,3-4,6-7H2,(H,15,16)(H,17,18). The molecular weight excluding hydrogens is 325 g/mol. The minimum absolute atomic E-state index is 0.0183. The maximum absolute atomic E-state index is 11.5. The van der Waals surface area contributed by atoms with E-state index in [4.69, 9.17) is 33.0 Å². The van der Waals surface area contributed by atoms with Gasteiger partial charge >= 0.3 is 5.97 Å². The molecule has 0 aliphatic heterocycles. The van der Waals surface area contributed by atoms with Gasteiger partial charge in [-0.3, -0.25) is 9.59 Å². The molecule has 0 fully saturated rings. The van der Waals surface area contributed by atoms with Crippen LogP contribution in [0.1, 0.15) is 0 Å². The Morgan fingerprint density at radius 2 is 2.10 bits per heavy atom. The zero-order valence-electron chi connectivity index (χ0n) is 10.4. The van der Waals surface area contributed by atoms with Gasteiger partial charge in [0.1, 0.15) is 5.75 Å². The van der Waals surface area contributed by atoms with Crippen LogP contribution < -0.4 is 10.1 Å². The Balaban J connectivity index is 2.23. The van der Waals surface area contributed by atoms with Gasteiger partial charge in [-0.15, -0.1) is 11.8 Å². The fraction of sp³-hybridized carbons (Fsp3) is 0.333. The molecule has 0 spiro atoms. The molecule has 1 amide bonds. The number of rotatable bonds is 8. The van der Waals surface area contributed by atoms with Gasteiger partial charge in [0.15, 0.2) is 6.61 Å². The Hall–Kier alpha value is -1.11. The number of carbonyl (C=O) groups is 2. The summed E-state index contributed by atoms with van der Waals surface area (Å²) in [5, 5.41) is 11.9. The van der Waals surface area contributed by atoms with Crippen LogP contribution in [0, 0.1) is 0 Å². The number of thioether (sulfide) groups is 1. The lowest BCUT2D eigenvalue weighted by atomic mass is 10.3. The van der Waals surface area contributed by atoms with Gasteiger partial charge in [0, 0.05) is 23.4 Å². The summed E-state index contributed by atoms with van der Waals surface area (Å²) in [6, 6.07) is 4.73. The Kier molecular flexibility index (Phi) is 7.58. The van der Waals surface area contributed by atoms with Crippen molar-refractivity contribution in [2.24, 2.45) is 0 Å². The Morgan fingerprint density at radius 3 is 2.80 bits per heavy atom. The molecule has 0 saturated heterocycles. The predicted molar refractivity (Wildman–Crippen MR) is 79.9 cm³/mol. The van der Waals surface area contributed by atoms with E-state index in [0.29, 0.717) is 28.1 Å². The first-order valence-electron chi connectivity index (χ1n) is 5.63. The van der Waals surface area contributed by atoms with Crippen molar-refractivity contribution < 1.29 is 19.4 Å². The van der Waals surface area contributed by atoms with Gasteiger partial charge in [0.2, 0.25) is 0 Å². The molecular formula is C12H13Cl2NO4S. The number of hydrogen-bond donors (Lipinski definition) is 2. The van der Waals surface area contributed by atoms with Crippen LogP contribution >= 0.6 is 35.0 Å². The molecule has 1 aromatic rings. The summed E-state index contributed by atoms with van der Waals surface area (Å²) < 4.78 is 5.25. The third kappa shape index (κ3) is 6.88. The van der Waals surface area contributed by atoms with Crippen molar-refractivity contribution in [2.75, 3.05) is 24.7 Å². The normalized spacial score (nSPS) is 10.1. The maximum Gasteiger partial charge on any atom is 0.313 e. The summed E-state index contributed by atoms with van der Waals surface area (Å²) in [6.07, 6.45) is 0. The fourth-order valence-corrected chi connectivity index (χ4v) is 2.10. The lowest BCUT2D eigenvalue weighted by Crippen LogP contribution is -2.30. The molecule has 0 aromatic heterocycles. The number of benzene rings is 1. The number of carbonyl (C=O) groups excluding carboxylic acids is 1. The van der Waals surface area contributed by atoms with E-state index in [9.17, 15) is 9.59 Å². The average molecular weight is 338 g/mol. The van der Waals surface area contributed by atoms with Gasteiger partial charge in [-0.2, -0.15) is 0 Å². The topological polar surface area (TPSA) is 75.6 Å². The number of halogens is 2. The molecule has 1 rings (SSSR count). The minimum Gasteiger partial charge on any atom is -0.482 e. The van der Waals surface area contributed by atoms with Crippen molar-refractivity contribution in [3.05, 3.63) is 28.2 Å². The third-order valence-electron chi connectivity index (χ3n) is 2.05. The first-order chi connectivity index (χ1) is 9.49. The second-order valence-electron chi connectivity index (χ2n) is 3.66. The highest BCUT2D eigenvalue weighted by atomic mass is 35.5. The molecule has 0 saturated carbocycles. The fourth-order valence-electron chi connectivity index (χ4n) is 1.20. The van der Waals surface area contributed by atoms with E-state index in [1.807, 2.05) is 0 Å². The predicted octanol–water partition coefficient (Wildman–Crippen LogP) is 2.31. The summed E-state index contributed by atoms with van der Waals surface area (Å²) in [5.74, 6) is -0.299. The summed E-state index contributed by atoms with van der Waals surface area (Å²) in [5.41, 5.74) is 0. The van der Waals surface area contributed by atoms with E-state index in [2.05, 4.69) is 5.32 Å². The van der Waals surface area contributed by atoms with Crippen LogP contribution in [0.15, 0.2) is 18.2 Å². The Bertz CT molecular complexity index is 485. The van der Waals surface area contributed by atoms with Crippen molar-refractivity contribution in [2.45, 2.75) is 0 Å². The van der Waals surface area contributed by atoms with E-state index in [1.54, 1.807) is 12.1 Å². The number of carboxylic acids is 1. The van der Waals surface area contributed by atoms with Crippen molar-refractivity contribution in [3.63, 3.8) is 0 Å². The minimum atomic E-state index is -0.875. The van der Waals surface area contributed by atoms with Gasteiger partial charge in [0.05, 0.1) is 10.8 Å². The van der Waals surface area contributed by atoms with Gasteiger partial charge in [0.25, 0.3) is 5.91 Å². The van der Waals surface area contributed by atoms with Gasteiger partial charge in [-0.05, 0) is 12.1 Å². The molecule has 20 heavy (non-hydrogen) atoms. The highest BCUT2D eigenvalue weighted by Crippen LogP contribution is 2.27. The van der Waals surface area contributed by atoms with E-state index < -0.39 is 5.97 Å². The smallest absolute Gasteiger partial charge is 0.313 e. The number of nitrogens with one attached hydrogen (secondary N) is 1. The Labute approximate surface area is 130 Å². The molecule has 0 radical (unpaired) electrons. The van der Waals surface area contributed by atoms with E-state index in [-0.39, 0.29) is 18.3 Å². The summed E-state index contributed by atoms with van der Waals surface area (Å²) >= 11 is 12.9.